The molecule has 0 unspecified atom stereocenters. The third-order valence-electron chi connectivity index (χ3n) is 2.10. The number of anilines is 1. The topological polar surface area (TPSA) is 66.8 Å². The fourth-order valence-electron chi connectivity index (χ4n) is 1.16. The van der Waals surface area contributed by atoms with Gasteiger partial charge in [0.25, 0.3) is 0 Å². The zero-order valence-electron chi connectivity index (χ0n) is 9.42. The number of carboxylic acids is 1. The highest BCUT2D eigenvalue weighted by molar-refractivity contribution is 5.90. The molecule has 0 atom stereocenters. The molecule has 0 aliphatic heterocycles. The largest absolute Gasteiger partial charge is 0.478 e. The molecule has 0 bridgehead atoms. The Morgan fingerprint density at radius 3 is 2.47 bits per heavy atom. The second-order valence-corrected chi connectivity index (χ2v) is 3.28. The lowest BCUT2D eigenvalue weighted by Crippen LogP contribution is -2.27. The van der Waals surface area contributed by atoms with Gasteiger partial charge in [-0.15, -0.1) is 0 Å². The number of carboxylic acid groups (broad SMARTS) is 1. The zero-order chi connectivity index (χ0) is 12.8. The first kappa shape index (κ1) is 12.8. The van der Waals surface area contributed by atoms with Crippen LogP contribution >= 0.6 is 0 Å². The van der Waals surface area contributed by atoms with Crippen molar-refractivity contribution in [3.63, 3.8) is 0 Å². The van der Waals surface area contributed by atoms with Crippen molar-refractivity contribution < 1.29 is 19.4 Å². The minimum Gasteiger partial charge on any atom is -0.478 e. The number of hydrogen-bond acceptors (Lipinski definition) is 3. The highest BCUT2D eigenvalue weighted by Gasteiger charge is 2.12. The first-order valence-electron chi connectivity index (χ1n) is 4.91. The molecular formula is C12H13NO4. The van der Waals surface area contributed by atoms with Gasteiger partial charge in [0.15, 0.2) is 0 Å². The third kappa shape index (κ3) is 3.34. The molecule has 90 valence electrons. The zero-order valence-corrected chi connectivity index (χ0v) is 9.42. The standard InChI is InChI=1S/C12H13NO4/c1-3-8-17-12(16)13(2)10-6-4-9(5-7-10)11(14)15/h3-7H,1,8H2,2H3,(H,14,15). The van der Waals surface area contributed by atoms with E-state index in [1.165, 1.54) is 23.1 Å². The average molecular weight is 235 g/mol. The first-order valence-corrected chi connectivity index (χ1v) is 4.91. The van der Waals surface area contributed by atoms with Gasteiger partial charge in [-0.1, -0.05) is 12.7 Å². The maximum Gasteiger partial charge on any atom is 0.414 e. The van der Waals surface area contributed by atoms with Gasteiger partial charge < -0.3 is 9.84 Å². The number of rotatable bonds is 4. The molecule has 1 rings (SSSR count). The Morgan fingerprint density at radius 1 is 1.41 bits per heavy atom. The fraction of sp³-hybridized carbons (Fsp3) is 0.167. The van der Waals surface area contributed by atoms with E-state index in [-0.39, 0.29) is 12.2 Å². The molecule has 5 heteroatoms. The highest BCUT2D eigenvalue weighted by atomic mass is 16.6. The van der Waals surface area contributed by atoms with Gasteiger partial charge in [-0.3, -0.25) is 4.90 Å². The van der Waals surface area contributed by atoms with Crippen molar-refractivity contribution in [3.8, 4) is 0 Å². The van der Waals surface area contributed by atoms with E-state index in [9.17, 15) is 9.59 Å². The molecular weight excluding hydrogens is 222 g/mol. The van der Waals surface area contributed by atoms with Crippen molar-refractivity contribution in [1.29, 1.82) is 0 Å². The summed E-state index contributed by atoms with van der Waals surface area (Å²) < 4.78 is 4.84. The Morgan fingerprint density at radius 2 is 2.00 bits per heavy atom. The first-order chi connectivity index (χ1) is 8.06. The molecule has 0 heterocycles. The van der Waals surface area contributed by atoms with Gasteiger partial charge in [-0.25, -0.2) is 9.59 Å². The summed E-state index contributed by atoms with van der Waals surface area (Å²) in [5, 5.41) is 8.72. The Kier molecular flexibility index (Phi) is 4.28. The van der Waals surface area contributed by atoms with Gasteiger partial charge in [-0.2, -0.15) is 0 Å². The number of ether oxygens (including phenoxy) is 1. The molecule has 17 heavy (non-hydrogen) atoms. The Hall–Kier alpha value is -2.30. The Bertz CT molecular complexity index is 425. The van der Waals surface area contributed by atoms with Crippen LogP contribution in [-0.4, -0.2) is 30.8 Å². The summed E-state index contributed by atoms with van der Waals surface area (Å²) in [6.07, 6.45) is 0.951. The maximum absolute atomic E-state index is 11.5. The van der Waals surface area contributed by atoms with Crippen molar-refractivity contribution in [2.45, 2.75) is 0 Å². The van der Waals surface area contributed by atoms with Crippen molar-refractivity contribution in [1.82, 2.24) is 0 Å². The molecule has 0 fully saturated rings. The number of carbonyl (C=O) groups is 2. The quantitative estimate of drug-likeness (QED) is 0.812. The molecule has 0 aliphatic carbocycles. The second kappa shape index (κ2) is 5.69. The minimum atomic E-state index is -1.01. The highest BCUT2D eigenvalue weighted by Crippen LogP contribution is 2.14. The Balaban J connectivity index is 2.75. The molecule has 1 amide bonds. The molecule has 0 spiro atoms. The van der Waals surface area contributed by atoms with Crippen LogP contribution in [0.2, 0.25) is 0 Å². The van der Waals surface area contributed by atoms with Crippen molar-refractivity contribution in [2.75, 3.05) is 18.6 Å². The van der Waals surface area contributed by atoms with Crippen molar-refractivity contribution in [2.24, 2.45) is 0 Å². The van der Waals surface area contributed by atoms with Gasteiger partial charge in [-0.05, 0) is 24.3 Å². The van der Waals surface area contributed by atoms with E-state index in [0.29, 0.717) is 5.69 Å². The van der Waals surface area contributed by atoms with Crippen molar-refractivity contribution in [3.05, 3.63) is 42.5 Å². The summed E-state index contributed by atoms with van der Waals surface area (Å²) in [6.45, 7) is 3.57. The molecule has 1 N–H and O–H groups in total. The smallest absolute Gasteiger partial charge is 0.414 e. The van der Waals surface area contributed by atoms with Gasteiger partial charge in [0.1, 0.15) is 6.61 Å². The van der Waals surface area contributed by atoms with Crippen molar-refractivity contribution >= 4 is 17.7 Å². The molecule has 1 aromatic rings. The van der Waals surface area contributed by atoms with Crippen LogP contribution in [0.15, 0.2) is 36.9 Å². The third-order valence-corrected chi connectivity index (χ3v) is 2.10. The SMILES string of the molecule is C=CCOC(=O)N(C)c1ccc(C(=O)O)cc1. The van der Waals surface area contributed by atoms with E-state index in [0.717, 1.165) is 0 Å². The van der Waals surface area contributed by atoms with Crippen LogP contribution in [0.3, 0.4) is 0 Å². The molecule has 1 aromatic carbocycles. The van der Waals surface area contributed by atoms with E-state index < -0.39 is 12.1 Å². The molecule has 0 saturated carbocycles. The predicted octanol–water partition coefficient (Wildman–Crippen LogP) is 2.14. The summed E-state index contributed by atoms with van der Waals surface area (Å²) in [6, 6.07) is 5.93. The van der Waals surface area contributed by atoms with E-state index in [1.807, 2.05) is 0 Å². The van der Waals surface area contributed by atoms with Crippen LogP contribution < -0.4 is 4.90 Å². The van der Waals surface area contributed by atoms with Crippen LogP contribution in [0.25, 0.3) is 0 Å². The summed E-state index contributed by atoms with van der Waals surface area (Å²) in [5.74, 6) is -1.01. The number of benzene rings is 1. The number of carbonyl (C=O) groups excluding carboxylic acids is 1. The van der Waals surface area contributed by atoms with Crippen LogP contribution in [0.4, 0.5) is 10.5 Å². The number of hydrogen-bond donors (Lipinski definition) is 1. The normalized spacial score (nSPS) is 9.47. The predicted molar refractivity (Wildman–Crippen MR) is 63.3 cm³/mol. The summed E-state index contributed by atoms with van der Waals surface area (Å²) >= 11 is 0. The molecule has 0 radical (unpaired) electrons. The Labute approximate surface area is 98.9 Å². The maximum atomic E-state index is 11.5. The summed E-state index contributed by atoms with van der Waals surface area (Å²) in [7, 11) is 1.54. The monoisotopic (exact) mass is 235 g/mol. The number of nitrogens with zero attached hydrogens (tertiary/aromatic N) is 1. The lowest BCUT2D eigenvalue weighted by Gasteiger charge is -2.16. The van der Waals surface area contributed by atoms with Gasteiger partial charge in [0.2, 0.25) is 0 Å². The lowest BCUT2D eigenvalue weighted by atomic mass is 10.2. The number of aromatic carboxylic acids is 1. The van der Waals surface area contributed by atoms with Gasteiger partial charge >= 0.3 is 12.1 Å². The lowest BCUT2D eigenvalue weighted by molar-refractivity contribution is 0.0697. The van der Waals surface area contributed by atoms with E-state index in [4.69, 9.17) is 9.84 Å². The summed E-state index contributed by atoms with van der Waals surface area (Å²) in [5.41, 5.74) is 0.727. The average Bonchev–Trinajstić information content (AvgIpc) is 2.35. The van der Waals surface area contributed by atoms with Crippen LogP contribution in [-0.2, 0) is 4.74 Å². The second-order valence-electron chi connectivity index (χ2n) is 3.28. The molecule has 0 aliphatic rings. The fourth-order valence-corrected chi connectivity index (χ4v) is 1.16. The minimum absolute atomic E-state index is 0.135. The van der Waals surface area contributed by atoms with Gasteiger partial charge in [0, 0.05) is 12.7 Å². The molecule has 0 aromatic heterocycles. The van der Waals surface area contributed by atoms with E-state index >= 15 is 0 Å². The molecule has 0 saturated heterocycles. The molecule has 5 nitrogen and oxygen atoms in total. The van der Waals surface area contributed by atoms with Crippen LogP contribution in [0, 0.1) is 0 Å². The summed E-state index contributed by atoms with van der Waals surface area (Å²) in [4.78, 5) is 23.4. The van der Waals surface area contributed by atoms with Crippen LogP contribution in [0.1, 0.15) is 10.4 Å². The van der Waals surface area contributed by atoms with Gasteiger partial charge in [0.05, 0.1) is 5.56 Å². The van der Waals surface area contributed by atoms with E-state index in [1.54, 1.807) is 19.2 Å². The number of amides is 1. The van der Waals surface area contributed by atoms with Crippen LogP contribution in [0.5, 0.6) is 0 Å². The van der Waals surface area contributed by atoms with E-state index in [2.05, 4.69) is 6.58 Å².